The number of rotatable bonds is 3. The van der Waals surface area contributed by atoms with Crippen LogP contribution in [0.4, 0.5) is 0 Å². The van der Waals surface area contributed by atoms with Gasteiger partial charge in [-0.2, -0.15) is 0 Å². The van der Waals surface area contributed by atoms with Crippen molar-refractivity contribution in [3.05, 3.63) is 56.7 Å². The Morgan fingerprint density at radius 1 is 1.29 bits per heavy atom. The van der Waals surface area contributed by atoms with E-state index in [9.17, 15) is 4.79 Å². The summed E-state index contributed by atoms with van der Waals surface area (Å²) in [4.78, 5) is 13.0. The van der Waals surface area contributed by atoms with Gasteiger partial charge in [0.25, 0.3) is 5.91 Å². The van der Waals surface area contributed by atoms with E-state index < -0.39 is 0 Å². The molecule has 1 amide bonds. The van der Waals surface area contributed by atoms with E-state index in [0.717, 1.165) is 0 Å². The summed E-state index contributed by atoms with van der Waals surface area (Å²) >= 11 is 7.42. The van der Waals surface area contributed by atoms with Gasteiger partial charge in [-0.3, -0.25) is 4.79 Å². The highest BCUT2D eigenvalue weighted by Crippen LogP contribution is 2.15. The summed E-state index contributed by atoms with van der Waals surface area (Å²) in [5.41, 5.74) is 1.84. The van der Waals surface area contributed by atoms with Gasteiger partial charge in [-0.1, -0.05) is 11.6 Å². The normalized spacial score (nSPS) is 10.2. The molecule has 1 N–H and O–H groups in total. The monoisotopic (exact) mass is 265 g/mol. The third-order valence-corrected chi connectivity index (χ3v) is 3.76. The highest BCUT2D eigenvalue weighted by molar-refractivity contribution is 7.10. The lowest BCUT2D eigenvalue weighted by Gasteiger charge is -2.04. The second-order valence-electron chi connectivity index (χ2n) is 3.72. The van der Waals surface area contributed by atoms with Gasteiger partial charge in [0.1, 0.15) is 0 Å². The smallest absolute Gasteiger partial charge is 0.251 e. The second kappa shape index (κ2) is 5.34. The van der Waals surface area contributed by atoms with Crippen LogP contribution in [0.25, 0.3) is 0 Å². The van der Waals surface area contributed by atoms with Gasteiger partial charge < -0.3 is 5.32 Å². The van der Waals surface area contributed by atoms with Crippen LogP contribution >= 0.6 is 22.9 Å². The van der Waals surface area contributed by atoms with Crippen molar-refractivity contribution in [2.45, 2.75) is 13.5 Å². The Bertz CT molecular complexity index is 518. The molecule has 2 nitrogen and oxygen atoms in total. The zero-order chi connectivity index (χ0) is 12.3. The van der Waals surface area contributed by atoms with Gasteiger partial charge in [-0.15, -0.1) is 11.3 Å². The summed E-state index contributed by atoms with van der Waals surface area (Å²) in [6.07, 6.45) is 0. The van der Waals surface area contributed by atoms with E-state index in [2.05, 4.69) is 11.4 Å². The van der Waals surface area contributed by atoms with Gasteiger partial charge in [0, 0.05) is 15.5 Å². The summed E-state index contributed by atoms with van der Waals surface area (Å²) < 4.78 is 0. The lowest BCUT2D eigenvalue weighted by Crippen LogP contribution is -2.22. The summed E-state index contributed by atoms with van der Waals surface area (Å²) in [6.45, 7) is 2.62. The van der Waals surface area contributed by atoms with Crippen LogP contribution in [0.5, 0.6) is 0 Å². The van der Waals surface area contributed by atoms with Gasteiger partial charge in [0.2, 0.25) is 0 Å². The summed E-state index contributed by atoms with van der Waals surface area (Å²) in [7, 11) is 0. The average Bonchev–Trinajstić information content (AvgIpc) is 2.73. The first-order valence-electron chi connectivity index (χ1n) is 5.23. The maximum absolute atomic E-state index is 11.8. The first kappa shape index (κ1) is 12.1. The molecule has 0 fully saturated rings. The third-order valence-electron chi connectivity index (χ3n) is 2.48. The van der Waals surface area contributed by atoms with E-state index >= 15 is 0 Å². The molecule has 1 aromatic carbocycles. The molecule has 0 unspecified atom stereocenters. The standard InChI is InChI=1S/C13H12ClNOS/c1-9-6-7-17-12(9)8-15-13(16)10-2-4-11(14)5-3-10/h2-7H,8H2,1H3,(H,15,16). The lowest BCUT2D eigenvalue weighted by atomic mass is 10.2. The summed E-state index contributed by atoms with van der Waals surface area (Å²) in [5, 5.41) is 5.55. The Morgan fingerprint density at radius 3 is 2.59 bits per heavy atom. The van der Waals surface area contributed by atoms with Crippen molar-refractivity contribution < 1.29 is 4.79 Å². The van der Waals surface area contributed by atoms with Gasteiger partial charge in [-0.25, -0.2) is 0 Å². The van der Waals surface area contributed by atoms with Crippen molar-refractivity contribution in [1.29, 1.82) is 0 Å². The van der Waals surface area contributed by atoms with E-state index in [0.29, 0.717) is 17.1 Å². The SMILES string of the molecule is Cc1ccsc1CNC(=O)c1ccc(Cl)cc1. The number of benzene rings is 1. The minimum Gasteiger partial charge on any atom is -0.347 e. The fraction of sp³-hybridized carbons (Fsp3) is 0.154. The Hall–Kier alpha value is -1.32. The average molecular weight is 266 g/mol. The molecule has 0 saturated carbocycles. The van der Waals surface area contributed by atoms with Gasteiger partial charge >= 0.3 is 0 Å². The number of amides is 1. The fourth-order valence-corrected chi connectivity index (χ4v) is 2.42. The Balaban J connectivity index is 1.98. The first-order valence-corrected chi connectivity index (χ1v) is 6.49. The van der Waals surface area contributed by atoms with E-state index in [1.807, 2.05) is 12.3 Å². The Labute approximate surface area is 109 Å². The van der Waals surface area contributed by atoms with Crippen molar-refractivity contribution in [2.24, 2.45) is 0 Å². The quantitative estimate of drug-likeness (QED) is 0.902. The number of carbonyl (C=O) groups excluding carboxylic acids is 1. The predicted octanol–water partition coefficient (Wildman–Crippen LogP) is 3.64. The third kappa shape index (κ3) is 3.08. The number of nitrogens with one attached hydrogen (secondary N) is 1. The lowest BCUT2D eigenvalue weighted by molar-refractivity contribution is 0.0951. The van der Waals surface area contributed by atoms with Crippen LogP contribution in [0.2, 0.25) is 5.02 Å². The van der Waals surface area contributed by atoms with Crippen molar-refractivity contribution in [2.75, 3.05) is 0 Å². The number of aryl methyl sites for hydroxylation is 1. The van der Waals surface area contributed by atoms with Crippen LogP contribution in [-0.2, 0) is 6.54 Å². The van der Waals surface area contributed by atoms with Gasteiger partial charge in [-0.05, 0) is 48.2 Å². The molecule has 88 valence electrons. The van der Waals surface area contributed by atoms with Crippen LogP contribution in [0.15, 0.2) is 35.7 Å². The second-order valence-corrected chi connectivity index (χ2v) is 5.15. The number of hydrogen-bond donors (Lipinski definition) is 1. The van der Waals surface area contributed by atoms with Crippen molar-refractivity contribution in [1.82, 2.24) is 5.32 Å². The molecule has 1 aromatic heterocycles. The molecular weight excluding hydrogens is 254 g/mol. The predicted molar refractivity (Wildman–Crippen MR) is 71.7 cm³/mol. The van der Waals surface area contributed by atoms with Crippen LogP contribution < -0.4 is 5.32 Å². The van der Waals surface area contributed by atoms with E-state index in [-0.39, 0.29) is 5.91 Å². The zero-order valence-electron chi connectivity index (χ0n) is 9.37. The molecule has 2 aromatic rings. The fourth-order valence-electron chi connectivity index (χ4n) is 1.45. The van der Waals surface area contributed by atoms with Crippen LogP contribution in [-0.4, -0.2) is 5.91 Å². The minimum absolute atomic E-state index is 0.0746. The Morgan fingerprint density at radius 2 is 2.00 bits per heavy atom. The number of carbonyl (C=O) groups is 1. The van der Waals surface area contributed by atoms with Gasteiger partial charge in [0.05, 0.1) is 6.54 Å². The molecule has 0 radical (unpaired) electrons. The molecule has 1 heterocycles. The maximum Gasteiger partial charge on any atom is 0.251 e. The number of thiophene rings is 1. The van der Waals surface area contributed by atoms with Crippen LogP contribution in [0.3, 0.4) is 0 Å². The minimum atomic E-state index is -0.0746. The summed E-state index contributed by atoms with van der Waals surface area (Å²) in [6, 6.07) is 8.92. The molecule has 0 aliphatic carbocycles. The number of halogens is 1. The molecule has 17 heavy (non-hydrogen) atoms. The molecule has 0 aliphatic rings. The first-order chi connectivity index (χ1) is 8.16. The molecule has 0 atom stereocenters. The van der Waals surface area contributed by atoms with Crippen molar-refractivity contribution >= 4 is 28.8 Å². The highest BCUT2D eigenvalue weighted by Gasteiger charge is 2.06. The molecule has 2 rings (SSSR count). The van der Waals surface area contributed by atoms with E-state index in [1.54, 1.807) is 35.6 Å². The molecule has 0 saturated heterocycles. The molecule has 0 bridgehead atoms. The maximum atomic E-state index is 11.8. The zero-order valence-corrected chi connectivity index (χ0v) is 10.9. The Kier molecular flexibility index (Phi) is 3.82. The molecule has 0 spiro atoms. The highest BCUT2D eigenvalue weighted by atomic mass is 35.5. The van der Waals surface area contributed by atoms with Crippen molar-refractivity contribution in [3.8, 4) is 0 Å². The largest absolute Gasteiger partial charge is 0.347 e. The number of hydrogen-bond acceptors (Lipinski definition) is 2. The summed E-state index contributed by atoms with van der Waals surface area (Å²) in [5.74, 6) is -0.0746. The molecule has 4 heteroatoms. The van der Waals surface area contributed by atoms with Crippen LogP contribution in [0.1, 0.15) is 20.8 Å². The molecule has 0 aliphatic heterocycles. The van der Waals surface area contributed by atoms with Gasteiger partial charge in [0.15, 0.2) is 0 Å². The molecular formula is C13H12ClNOS. The topological polar surface area (TPSA) is 29.1 Å². The van der Waals surface area contributed by atoms with Crippen molar-refractivity contribution in [3.63, 3.8) is 0 Å². The van der Waals surface area contributed by atoms with Crippen LogP contribution in [0, 0.1) is 6.92 Å². The van der Waals surface area contributed by atoms with E-state index in [4.69, 9.17) is 11.6 Å². The van der Waals surface area contributed by atoms with E-state index in [1.165, 1.54) is 10.4 Å².